The molecular formula is C8H14N4O2S. The predicted molar refractivity (Wildman–Crippen MR) is 54.5 cm³/mol. The highest BCUT2D eigenvalue weighted by Gasteiger charge is 2.27. The Kier molecular flexibility index (Phi) is 2.76. The second kappa shape index (κ2) is 3.92. The van der Waals surface area contributed by atoms with Gasteiger partial charge in [0.2, 0.25) is 0 Å². The summed E-state index contributed by atoms with van der Waals surface area (Å²) < 4.78 is 25.7. The van der Waals surface area contributed by atoms with Crippen LogP contribution in [-0.2, 0) is 10.0 Å². The van der Waals surface area contributed by atoms with Gasteiger partial charge < -0.3 is 5.73 Å². The Bertz CT molecular complexity index is 408. The van der Waals surface area contributed by atoms with Gasteiger partial charge in [-0.3, -0.25) is 5.10 Å². The summed E-state index contributed by atoms with van der Waals surface area (Å²) in [5.74, 6) is 0.373. The first-order valence-corrected chi connectivity index (χ1v) is 6.31. The van der Waals surface area contributed by atoms with Crippen molar-refractivity contribution in [3.8, 4) is 0 Å². The van der Waals surface area contributed by atoms with Gasteiger partial charge in [0.15, 0.2) is 5.03 Å². The maximum absolute atomic E-state index is 11.6. The number of hydrogen-bond acceptors (Lipinski definition) is 4. The number of H-pyrrole nitrogens is 1. The molecule has 84 valence electrons. The van der Waals surface area contributed by atoms with Crippen molar-refractivity contribution in [1.82, 2.24) is 14.9 Å². The molecule has 1 fully saturated rings. The molecule has 6 nitrogen and oxygen atoms in total. The zero-order valence-electron chi connectivity index (χ0n) is 8.18. The van der Waals surface area contributed by atoms with E-state index in [-0.39, 0.29) is 11.1 Å². The zero-order chi connectivity index (χ0) is 10.9. The van der Waals surface area contributed by atoms with Crippen molar-refractivity contribution in [2.45, 2.75) is 23.9 Å². The molecule has 0 aromatic carbocycles. The van der Waals surface area contributed by atoms with Gasteiger partial charge in [0, 0.05) is 12.6 Å². The standard InChI is InChI=1S/C8H14N4O2S/c9-7-3-6(4-7)5-11-15(13,14)8-1-2-10-12-8/h1-2,6-7,11H,3-5,9H2,(H,10,12). The van der Waals surface area contributed by atoms with Crippen molar-refractivity contribution in [3.63, 3.8) is 0 Å². The van der Waals surface area contributed by atoms with Crippen LogP contribution in [0.2, 0.25) is 0 Å². The molecule has 7 heteroatoms. The second-order valence-electron chi connectivity index (χ2n) is 3.87. The summed E-state index contributed by atoms with van der Waals surface area (Å²) in [5.41, 5.74) is 5.61. The molecule has 0 spiro atoms. The molecule has 0 saturated heterocycles. The van der Waals surface area contributed by atoms with Gasteiger partial charge in [0.05, 0.1) is 6.20 Å². The fraction of sp³-hybridized carbons (Fsp3) is 0.625. The lowest BCUT2D eigenvalue weighted by atomic mass is 9.81. The van der Waals surface area contributed by atoms with E-state index in [1.807, 2.05) is 0 Å². The number of aromatic amines is 1. The van der Waals surface area contributed by atoms with E-state index < -0.39 is 10.0 Å². The minimum atomic E-state index is -3.41. The van der Waals surface area contributed by atoms with Crippen LogP contribution in [0.4, 0.5) is 0 Å². The van der Waals surface area contributed by atoms with E-state index in [9.17, 15) is 8.42 Å². The minimum absolute atomic E-state index is 0.103. The SMILES string of the molecule is NC1CC(CNS(=O)(=O)c2ccn[nH]2)C1. The van der Waals surface area contributed by atoms with Crippen molar-refractivity contribution in [1.29, 1.82) is 0 Å². The fourth-order valence-electron chi connectivity index (χ4n) is 1.65. The Morgan fingerprint density at radius 1 is 1.60 bits per heavy atom. The van der Waals surface area contributed by atoms with E-state index in [0.29, 0.717) is 12.5 Å². The van der Waals surface area contributed by atoms with Crippen LogP contribution in [0.25, 0.3) is 0 Å². The van der Waals surface area contributed by atoms with Crippen molar-refractivity contribution < 1.29 is 8.42 Å². The average Bonchev–Trinajstić information content (AvgIpc) is 2.63. The molecule has 4 N–H and O–H groups in total. The highest BCUT2D eigenvalue weighted by molar-refractivity contribution is 7.89. The van der Waals surface area contributed by atoms with E-state index in [4.69, 9.17) is 5.73 Å². The van der Waals surface area contributed by atoms with E-state index in [1.165, 1.54) is 12.3 Å². The van der Waals surface area contributed by atoms with Gasteiger partial charge in [-0.2, -0.15) is 5.10 Å². The number of nitrogens with one attached hydrogen (secondary N) is 2. The van der Waals surface area contributed by atoms with E-state index >= 15 is 0 Å². The average molecular weight is 230 g/mol. The summed E-state index contributed by atoms with van der Waals surface area (Å²) in [7, 11) is -3.41. The molecule has 1 aliphatic rings. The summed E-state index contributed by atoms with van der Waals surface area (Å²) in [6, 6.07) is 1.67. The Labute approximate surface area is 88.3 Å². The number of aromatic nitrogens is 2. The van der Waals surface area contributed by atoms with Crippen LogP contribution in [0.15, 0.2) is 17.3 Å². The minimum Gasteiger partial charge on any atom is -0.328 e. The summed E-state index contributed by atoms with van der Waals surface area (Å²) in [6.45, 7) is 0.453. The molecule has 1 aromatic heterocycles. The molecule has 0 aliphatic heterocycles. The zero-order valence-corrected chi connectivity index (χ0v) is 9.00. The third kappa shape index (κ3) is 2.36. The summed E-state index contributed by atoms with van der Waals surface area (Å²) in [5, 5.41) is 6.12. The van der Waals surface area contributed by atoms with E-state index in [0.717, 1.165) is 12.8 Å². The lowest BCUT2D eigenvalue weighted by molar-refractivity contribution is 0.267. The number of sulfonamides is 1. The van der Waals surface area contributed by atoms with Crippen LogP contribution >= 0.6 is 0 Å². The highest BCUT2D eigenvalue weighted by Crippen LogP contribution is 2.24. The third-order valence-electron chi connectivity index (χ3n) is 2.60. The molecule has 2 rings (SSSR count). The lowest BCUT2D eigenvalue weighted by Crippen LogP contribution is -2.42. The van der Waals surface area contributed by atoms with Gasteiger partial charge in [0.25, 0.3) is 10.0 Å². The molecule has 1 aromatic rings. The molecule has 0 unspecified atom stereocenters. The molecular weight excluding hydrogens is 216 g/mol. The normalized spacial score (nSPS) is 26.2. The molecule has 1 aliphatic carbocycles. The van der Waals surface area contributed by atoms with Crippen molar-refractivity contribution >= 4 is 10.0 Å². The Balaban J connectivity index is 1.89. The van der Waals surface area contributed by atoms with Crippen LogP contribution in [-0.4, -0.2) is 31.2 Å². The molecule has 0 atom stereocenters. The van der Waals surface area contributed by atoms with Crippen LogP contribution in [0.3, 0.4) is 0 Å². The van der Waals surface area contributed by atoms with Crippen molar-refractivity contribution in [3.05, 3.63) is 12.3 Å². The molecule has 0 bridgehead atoms. The maximum atomic E-state index is 11.6. The molecule has 0 amide bonds. The summed E-state index contributed by atoms with van der Waals surface area (Å²) >= 11 is 0. The van der Waals surface area contributed by atoms with Crippen molar-refractivity contribution in [2.24, 2.45) is 11.7 Å². The molecule has 1 saturated carbocycles. The first-order valence-electron chi connectivity index (χ1n) is 4.82. The third-order valence-corrected chi connectivity index (χ3v) is 3.95. The van der Waals surface area contributed by atoms with Crippen LogP contribution in [0.1, 0.15) is 12.8 Å². The number of nitrogens with two attached hydrogens (primary N) is 1. The van der Waals surface area contributed by atoms with Gasteiger partial charge in [-0.1, -0.05) is 0 Å². The van der Waals surface area contributed by atoms with E-state index in [1.54, 1.807) is 0 Å². The van der Waals surface area contributed by atoms with Gasteiger partial charge in [-0.15, -0.1) is 0 Å². The lowest BCUT2D eigenvalue weighted by Gasteiger charge is -2.32. The smallest absolute Gasteiger partial charge is 0.257 e. The number of rotatable bonds is 4. The van der Waals surface area contributed by atoms with Gasteiger partial charge in [-0.05, 0) is 24.8 Å². The van der Waals surface area contributed by atoms with Crippen LogP contribution in [0.5, 0.6) is 0 Å². The quantitative estimate of drug-likeness (QED) is 0.644. The van der Waals surface area contributed by atoms with Crippen LogP contribution in [0, 0.1) is 5.92 Å². The Hall–Kier alpha value is -0.920. The van der Waals surface area contributed by atoms with Gasteiger partial charge >= 0.3 is 0 Å². The van der Waals surface area contributed by atoms with E-state index in [2.05, 4.69) is 14.9 Å². The number of hydrogen-bond donors (Lipinski definition) is 3. The predicted octanol–water partition coefficient (Wildman–Crippen LogP) is -0.575. The topological polar surface area (TPSA) is 101 Å². The van der Waals surface area contributed by atoms with Gasteiger partial charge in [0.1, 0.15) is 0 Å². The fourth-order valence-corrected chi connectivity index (χ4v) is 2.68. The Morgan fingerprint density at radius 2 is 2.33 bits per heavy atom. The largest absolute Gasteiger partial charge is 0.328 e. The molecule has 1 heterocycles. The highest BCUT2D eigenvalue weighted by atomic mass is 32.2. The second-order valence-corrected chi connectivity index (χ2v) is 5.61. The van der Waals surface area contributed by atoms with Crippen LogP contribution < -0.4 is 10.5 Å². The Morgan fingerprint density at radius 3 is 2.87 bits per heavy atom. The monoisotopic (exact) mass is 230 g/mol. The molecule has 0 radical (unpaired) electrons. The first kappa shape index (κ1) is 10.6. The summed E-state index contributed by atoms with van der Waals surface area (Å²) in [4.78, 5) is 0. The molecule has 15 heavy (non-hydrogen) atoms. The van der Waals surface area contributed by atoms with Crippen molar-refractivity contribution in [2.75, 3.05) is 6.54 Å². The number of nitrogens with zero attached hydrogens (tertiary/aromatic N) is 1. The maximum Gasteiger partial charge on any atom is 0.257 e. The van der Waals surface area contributed by atoms with Gasteiger partial charge in [-0.25, -0.2) is 13.1 Å². The first-order chi connectivity index (χ1) is 7.08. The summed E-state index contributed by atoms with van der Waals surface area (Å²) in [6.07, 6.45) is 3.20.